The van der Waals surface area contributed by atoms with Crippen LogP contribution in [0, 0.1) is 37.0 Å². The molecule has 0 N–H and O–H groups in total. The summed E-state index contributed by atoms with van der Waals surface area (Å²) in [5.74, 6) is 6.68. The van der Waals surface area contributed by atoms with Crippen molar-refractivity contribution in [3.8, 4) is 37.0 Å². The Morgan fingerprint density at radius 2 is 0.600 bits per heavy atom. The van der Waals surface area contributed by atoms with E-state index in [0.717, 1.165) is 38.5 Å². The SMILES string of the molecule is C#CCOS(=O)OCCCCCC.C#CCOS(=O)OCCCCCCCC.C#CCOS(=O)OCCCCCCCCCC. The zero-order valence-corrected chi connectivity index (χ0v) is 30.6. The molecule has 0 heterocycles. The van der Waals surface area contributed by atoms with E-state index in [0.29, 0.717) is 19.8 Å². The first-order chi connectivity index (χ1) is 21.9. The summed E-state index contributed by atoms with van der Waals surface area (Å²) >= 11 is -5.01. The molecule has 0 aromatic heterocycles. The molecule has 0 spiro atoms. The van der Waals surface area contributed by atoms with Gasteiger partial charge in [-0.15, -0.1) is 19.3 Å². The molecule has 0 bridgehead atoms. The zero-order valence-electron chi connectivity index (χ0n) is 28.1. The van der Waals surface area contributed by atoms with E-state index in [2.05, 4.69) is 51.1 Å². The lowest BCUT2D eigenvalue weighted by Crippen LogP contribution is -2.03. The topological polar surface area (TPSA) is 107 Å². The van der Waals surface area contributed by atoms with Crippen molar-refractivity contribution in [1.82, 2.24) is 0 Å². The van der Waals surface area contributed by atoms with Crippen LogP contribution in [0.15, 0.2) is 0 Å². The highest BCUT2D eigenvalue weighted by Crippen LogP contribution is 2.09. The molecule has 3 atom stereocenters. The predicted octanol–water partition coefficient (Wildman–Crippen LogP) is 7.78. The van der Waals surface area contributed by atoms with Crippen molar-refractivity contribution in [2.24, 2.45) is 0 Å². The smallest absolute Gasteiger partial charge is 0.268 e. The highest BCUT2D eigenvalue weighted by atomic mass is 32.2. The molecule has 45 heavy (non-hydrogen) atoms. The van der Waals surface area contributed by atoms with Gasteiger partial charge in [0, 0.05) is 0 Å². The minimum Gasteiger partial charge on any atom is -0.268 e. The molecule has 0 radical (unpaired) electrons. The van der Waals surface area contributed by atoms with Gasteiger partial charge in [-0.2, -0.15) is 12.6 Å². The van der Waals surface area contributed by atoms with Gasteiger partial charge in [-0.05, 0) is 19.3 Å². The van der Waals surface area contributed by atoms with Crippen LogP contribution < -0.4 is 0 Å². The molecule has 3 unspecified atom stereocenters. The minimum absolute atomic E-state index is 0.0293. The van der Waals surface area contributed by atoms with Gasteiger partial charge in [0.15, 0.2) is 0 Å². The summed E-state index contributed by atoms with van der Waals surface area (Å²) in [5, 5.41) is 0. The fourth-order valence-electron chi connectivity index (χ4n) is 3.38. The second-order valence-electron chi connectivity index (χ2n) is 9.78. The van der Waals surface area contributed by atoms with Gasteiger partial charge in [0.05, 0.1) is 19.8 Å². The quantitative estimate of drug-likeness (QED) is 0.0550. The Hall–Kier alpha value is -1.11. The second-order valence-corrected chi connectivity index (χ2v) is 12.4. The molecular weight excluding hydrogens is 637 g/mol. The maximum atomic E-state index is 11.0. The van der Waals surface area contributed by atoms with Crippen LogP contribution >= 0.6 is 0 Å². The monoisotopic (exact) mass is 696 g/mol. The van der Waals surface area contributed by atoms with Crippen molar-refractivity contribution in [1.29, 1.82) is 0 Å². The first-order valence-electron chi connectivity index (χ1n) is 16.3. The molecule has 0 saturated heterocycles. The summed E-state index contributed by atoms with van der Waals surface area (Å²) in [5.41, 5.74) is 0. The molecule has 9 nitrogen and oxygen atoms in total. The van der Waals surface area contributed by atoms with Crippen LogP contribution in [0.4, 0.5) is 0 Å². The Labute approximate surface area is 283 Å². The molecule has 0 aliphatic carbocycles. The van der Waals surface area contributed by atoms with Gasteiger partial charge in [0.25, 0.3) is 0 Å². The number of rotatable bonds is 30. The van der Waals surface area contributed by atoms with Crippen molar-refractivity contribution in [3.05, 3.63) is 0 Å². The maximum Gasteiger partial charge on any atom is 0.305 e. The van der Waals surface area contributed by atoms with Gasteiger partial charge < -0.3 is 0 Å². The van der Waals surface area contributed by atoms with E-state index < -0.39 is 34.1 Å². The summed E-state index contributed by atoms with van der Waals surface area (Å²) in [7, 11) is 0. The normalized spacial score (nSPS) is 12.3. The standard InChI is InChI=1S/C13H24O3S.C11H20O3S.C9H16O3S/c1-3-5-6-7-8-9-10-11-13-16-17(14)15-12-4-2;1-3-5-6-7-8-9-11-14-15(12)13-10-4-2;1-3-5-6-7-9-12-13(10)11-8-4-2/h2H,3,5-13H2,1H3;2H,3,5-11H2,1H3;2H,3,5-9H2,1H3. The van der Waals surface area contributed by atoms with E-state index in [-0.39, 0.29) is 19.8 Å². The Balaban J connectivity index is -0.000000593. The van der Waals surface area contributed by atoms with Crippen molar-refractivity contribution >= 4 is 34.1 Å². The summed E-state index contributed by atoms with van der Waals surface area (Å²) in [6.45, 7) is 8.06. The zero-order chi connectivity index (χ0) is 34.1. The maximum absolute atomic E-state index is 11.0. The van der Waals surface area contributed by atoms with Crippen molar-refractivity contribution < 1.29 is 37.7 Å². The lowest BCUT2D eigenvalue weighted by molar-refractivity contribution is 0.262. The van der Waals surface area contributed by atoms with E-state index in [9.17, 15) is 12.6 Å². The molecule has 12 heteroatoms. The van der Waals surface area contributed by atoms with Crippen LogP contribution in [-0.4, -0.2) is 52.3 Å². The number of unbranched alkanes of at least 4 members (excludes halogenated alkanes) is 15. The van der Waals surface area contributed by atoms with Crippen LogP contribution in [0.1, 0.15) is 136 Å². The predicted molar refractivity (Wildman–Crippen MR) is 187 cm³/mol. The number of hydrogen-bond acceptors (Lipinski definition) is 9. The van der Waals surface area contributed by atoms with E-state index in [4.69, 9.17) is 31.8 Å². The Bertz CT molecular complexity index is 805. The average molecular weight is 697 g/mol. The largest absolute Gasteiger partial charge is 0.305 e. The second kappa shape index (κ2) is 45.0. The molecule has 0 amide bonds. The summed E-state index contributed by atoms with van der Waals surface area (Å²) < 4.78 is 61.3. The Morgan fingerprint density at radius 1 is 0.378 bits per heavy atom. The van der Waals surface area contributed by atoms with E-state index in [1.165, 1.54) is 77.0 Å². The van der Waals surface area contributed by atoms with Crippen LogP contribution in [0.25, 0.3) is 0 Å². The van der Waals surface area contributed by atoms with Crippen LogP contribution in [-0.2, 0) is 59.2 Å². The van der Waals surface area contributed by atoms with Gasteiger partial charge in [-0.3, -0.25) is 25.1 Å². The fourth-order valence-corrected chi connectivity index (χ4v) is 4.84. The molecule has 0 aliphatic rings. The third kappa shape index (κ3) is 50.0. The Morgan fingerprint density at radius 3 is 0.844 bits per heavy atom. The molecule has 0 aliphatic heterocycles. The highest BCUT2D eigenvalue weighted by molar-refractivity contribution is 7.75. The van der Waals surface area contributed by atoms with E-state index >= 15 is 0 Å². The summed E-state index contributed by atoms with van der Waals surface area (Å²) in [4.78, 5) is 0. The van der Waals surface area contributed by atoms with E-state index in [1.54, 1.807) is 0 Å². The van der Waals surface area contributed by atoms with Crippen molar-refractivity contribution in [2.75, 3.05) is 39.6 Å². The third-order valence-electron chi connectivity index (χ3n) is 5.75. The van der Waals surface area contributed by atoms with Crippen LogP contribution in [0.3, 0.4) is 0 Å². The van der Waals surface area contributed by atoms with Gasteiger partial charge >= 0.3 is 34.1 Å². The molecule has 0 aromatic rings. The van der Waals surface area contributed by atoms with Crippen LogP contribution in [0.2, 0.25) is 0 Å². The van der Waals surface area contributed by atoms with E-state index in [1.807, 2.05) is 0 Å². The highest BCUT2D eigenvalue weighted by Gasteiger charge is 2.01. The van der Waals surface area contributed by atoms with Gasteiger partial charge in [-0.1, -0.05) is 135 Å². The molecule has 264 valence electrons. The van der Waals surface area contributed by atoms with Crippen molar-refractivity contribution in [2.45, 2.75) is 136 Å². The van der Waals surface area contributed by atoms with Crippen molar-refractivity contribution in [3.63, 3.8) is 0 Å². The molecular formula is C33H60O9S3. The summed E-state index contributed by atoms with van der Waals surface area (Å²) in [6.07, 6.45) is 36.1. The lowest BCUT2D eigenvalue weighted by atomic mass is 10.1. The lowest BCUT2D eigenvalue weighted by Gasteiger charge is -2.02. The van der Waals surface area contributed by atoms with Gasteiger partial charge in [-0.25, -0.2) is 0 Å². The van der Waals surface area contributed by atoms with Gasteiger partial charge in [0.2, 0.25) is 0 Å². The third-order valence-corrected chi connectivity index (χ3v) is 7.76. The molecule has 0 fully saturated rings. The molecule has 0 rings (SSSR count). The van der Waals surface area contributed by atoms with Gasteiger partial charge in [0.1, 0.15) is 19.8 Å². The average Bonchev–Trinajstić information content (AvgIpc) is 3.04. The van der Waals surface area contributed by atoms with Crippen LogP contribution in [0.5, 0.6) is 0 Å². The minimum atomic E-state index is -1.67. The first-order valence-corrected chi connectivity index (χ1v) is 19.3. The number of terminal acetylenes is 3. The fraction of sp³-hybridized carbons (Fsp3) is 0.818. The molecule has 0 saturated carbocycles. The first kappa shape index (κ1) is 48.3. The Kier molecular flexibility index (Phi) is 48.3. The molecule has 0 aromatic carbocycles. The summed E-state index contributed by atoms with van der Waals surface area (Å²) in [6, 6.07) is 0. The number of hydrogen-bond donors (Lipinski definition) is 0.